The second-order valence-electron chi connectivity index (χ2n) is 4.01. The van der Waals surface area contributed by atoms with Gasteiger partial charge >= 0.3 is 0 Å². The van der Waals surface area contributed by atoms with E-state index in [1.807, 2.05) is 6.08 Å². The molecule has 0 amide bonds. The third-order valence-electron chi connectivity index (χ3n) is 2.73. The number of aryl methyl sites for hydroxylation is 1. The Morgan fingerprint density at radius 1 is 1.33 bits per heavy atom. The SMILES string of the molecule is C=CCCC[C@@H](CO)c1ccc(C)cc1. The molecule has 1 N–H and O–H groups in total. The highest BCUT2D eigenvalue weighted by Crippen LogP contribution is 2.21. The Hall–Kier alpha value is -1.08. The molecule has 0 aliphatic carbocycles. The van der Waals surface area contributed by atoms with Gasteiger partial charge in [0.1, 0.15) is 0 Å². The van der Waals surface area contributed by atoms with Gasteiger partial charge < -0.3 is 5.11 Å². The number of unbranched alkanes of at least 4 members (excludes halogenated alkanes) is 1. The average Bonchev–Trinajstić information content (AvgIpc) is 2.26. The van der Waals surface area contributed by atoms with Crippen LogP contribution in [0.15, 0.2) is 36.9 Å². The summed E-state index contributed by atoms with van der Waals surface area (Å²) in [5, 5.41) is 9.32. The van der Waals surface area contributed by atoms with Crippen LogP contribution in [-0.4, -0.2) is 11.7 Å². The number of aliphatic hydroxyl groups excluding tert-OH is 1. The van der Waals surface area contributed by atoms with Crippen LogP contribution in [0.2, 0.25) is 0 Å². The first kappa shape index (κ1) is 12.0. The lowest BCUT2D eigenvalue weighted by molar-refractivity contribution is 0.257. The van der Waals surface area contributed by atoms with E-state index in [2.05, 4.69) is 37.8 Å². The van der Waals surface area contributed by atoms with E-state index in [1.54, 1.807) is 0 Å². The summed E-state index contributed by atoms with van der Waals surface area (Å²) in [5.41, 5.74) is 2.51. The molecule has 82 valence electrons. The molecule has 0 saturated heterocycles. The summed E-state index contributed by atoms with van der Waals surface area (Å²) < 4.78 is 0. The molecular formula is C14H20O. The lowest BCUT2D eigenvalue weighted by Crippen LogP contribution is -2.03. The molecule has 1 aromatic rings. The Morgan fingerprint density at radius 2 is 2.00 bits per heavy atom. The first-order valence-electron chi connectivity index (χ1n) is 5.56. The van der Waals surface area contributed by atoms with Crippen molar-refractivity contribution in [3.8, 4) is 0 Å². The smallest absolute Gasteiger partial charge is 0.0499 e. The largest absolute Gasteiger partial charge is 0.396 e. The minimum absolute atomic E-state index is 0.236. The van der Waals surface area contributed by atoms with Gasteiger partial charge in [-0.05, 0) is 31.7 Å². The van der Waals surface area contributed by atoms with E-state index in [0.29, 0.717) is 0 Å². The zero-order valence-electron chi connectivity index (χ0n) is 9.45. The molecule has 1 atom stereocenters. The van der Waals surface area contributed by atoms with Crippen molar-refractivity contribution in [2.75, 3.05) is 6.61 Å². The molecule has 1 heteroatoms. The molecule has 0 fully saturated rings. The Labute approximate surface area is 92.5 Å². The maximum Gasteiger partial charge on any atom is 0.0499 e. The maximum atomic E-state index is 9.32. The third-order valence-corrected chi connectivity index (χ3v) is 2.73. The van der Waals surface area contributed by atoms with Gasteiger partial charge in [-0.2, -0.15) is 0 Å². The van der Waals surface area contributed by atoms with Crippen LogP contribution < -0.4 is 0 Å². The van der Waals surface area contributed by atoms with E-state index >= 15 is 0 Å². The van der Waals surface area contributed by atoms with Crippen LogP contribution in [0.25, 0.3) is 0 Å². The van der Waals surface area contributed by atoms with Gasteiger partial charge in [0.15, 0.2) is 0 Å². The molecule has 0 unspecified atom stereocenters. The number of hydrogen-bond donors (Lipinski definition) is 1. The minimum Gasteiger partial charge on any atom is -0.396 e. The van der Waals surface area contributed by atoms with E-state index < -0.39 is 0 Å². The maximum absolute atomic E-state index is 9.32. The Balaban J connectivity index is 2.57. The molecule has 0 spiro atoms. The van der Waals surface area contributed by atoms with Crippen molar-refractivity contribution >= 4 is 0 Å². The standard InChI is InChI=1S/C14H20O/c1-3-4-5-6-14(11-15)13-9-7-12(2)8-10-13/h3,7-10,14-15H,1,4-6,11H2,2H3/t14-/m0/s1. The van der Waals surface area contributed by atoms with Gasteiger partial charge in [0.25, 0.3) is 0 Å². The molecule has 0 aliphatic heterocycles. The predicted molar refractivity (Wildman–Crippen MR) is 65.1 cm³/mol. The van der Waals surface area contributed by atoms with E-state index in [9.17, 15) is 5.11 Å². The summed E-state index contributed by atoms with van der Waals surface area (Å²) in [6.07, 6.45) is 5.10. The molecule has 1 nitrogen and oxygen atoms in total. The monoisotopic (exact) mass is 204 g/mol. The van der Waals surface area contributed by atoms with E-state index in [-0.39, 0.29) is 12.5 Å². The van der Waals surface area contributed by atoms with Crippen molar-refractivity contribution < 1.29 is 5.11 Å². The number of allylic oxidation sites excluding steroid dienone is 1. The van der Waals surface area contributed by atoms with Crippen molar-refractivity contribution in [3.63, 3.8) is 0 Å². The average molecular weight is 204 g/mol. The highest BCUT2D eigenvalue weighted by molar-refractivity contribution is 5.24. The van der Waals surface area contributed by atoms with Crippen LogP contribution in [0.1, 0.15) is 36.3 Å². The highest BCUT2D eigenvalue weighted by atomic mass is 16.3. The second-order valence-corrected chi connectivity index (χ2v) is 4.01. The Bertz CT molecular complexity index is 287. The number of rotatable bonds is 6. The molecule has 0 heterocycles. The van der Waals surface area contributed by atoms with Gasteiger partial charge in [0.2, 0.25) is 0 Å². The van der Waals surface area contributed by atoms with Gasteiger partial charge in [-0.3, -0.25) is 0 Å². The summed E-state index contributed by atoms with van der Waals surface area (Å²) in [6, 6.07) is 8.44. The molecule has 0 bridgehead atoms. The number of aliphatic hydroxyl groups is 1. The topological polar surface area (TPSA) is 20.2 Å². The zero-order chi connectivity index (χ0) is 11.1. The molecule has 1 aromatic carbocycles. The summed E-state index contributed by atoms with van der Waals surface area (Å²) in [5.74, 6) is 0.283. The lowest BCUT2D eigenvalue weighted by atomic mass is 9.94. The van der Waals surface area contributed by atoms with Crippen LogP contribution in [0.4, 0.5) is 0 Å². The normalized spacial score (nSPS) is 12.4. The van der Waals surface area contributed by atoms with Crippen molar-refractivity contribution in [1.82, 2.24) is 0 Å². The van der Waals surface area contributed by atoms with Gasteiger partial charge in [-0.25, -0.2) is 0 Å². The van der Waals surface area contributed by atoms with E-state index in [4.69, 9.17) is 0 Å². The van der Waals surface area contributed by atoms with Crippen LogP contribution >= 0.6 is 0 Å². The molecule has 1 rings (SSSR count). The summed E-state index contributed by atoms with van der Waals surface area (Å²) >= 11 is 0. The van der Waals surface area contributed by atoms with Gasteiger partial charge in [0.05, 0.1) is 0 Å². The van der Waals surface area contributed by atoms with E-state index in [1.165, 1.54) is 11.1 Å². The van der Waals surface area contributed by atoms with Gasteiger partial charge in [0, 0.05) is 12.5 Å². The quantitative estimate of drug-likeness (QED) is 0.556. The molecule has 0 radical (unpaired) electrons. The highest BCUT2D eigenvalue weighted by Gasteiger charge is 2.08. The second kappa shape index (κ2) is 6.41. The Kier molecular flexibility index (Phi) is 5.13. The summed E-state index contributed by atoms with van der Waals surface area (Å²) in [7, 11) is 0. The summed E-state index contributed by atoms with van der Waals surface area (Å²) in [6.45, 7) is 6.02. The van der Waals surface area contributed by atoms with Crippen LogP contribution in [-0.2, 0) is 0 Å². The van der Waals surface area contributed by atoms with Crippen molar-refractivity contribution in [2.24, 2.45) is 0 Å². The van der Waals surface area contributed by atoms with Crippen molar-refractivity contribution in [3.05, 3.63) is 48.0 Å². The van der Waals surface area contributed by atoms with Crippen molar-refractivity contribution in [2.45, 2.75) is 32.1 Å². The number of benzene rings is 1. The van der Waals surface area contributed by atoms with Crippen LogP contribution in [0.3, 0.4) is 0 Å². The fourth-order valence-electron chi connectivity index (χ4n) is 1.71. The zero-order valence-corrected chi connectivity index (χ0v) is 9.45. The van der Waals surface area contributed by atoms with Crippen LogP contribution in [0, 0.1) is 6.92 Å². The number of hydrogen-bond acceptors (Lipinski definition) is 1. The molecule has 0 aliphatic rings. The fraction of sp³-hybridized carbons (Fsp3) is 0.429. The fourth-order valence-corrected chi connectivity index (χ4v) is 1.71. The Morgan fingerprint density at radius 3 is 2.53 bits per heavy atom. The van der Waals surface area contributed by atoms with Gasteiger partial charge in [-0.1, -0.05) is 35.9 Å². The van der Waals surface area contributed by atoms with E-state index in [0.717, 1.165) is 19.3 Å². The molecule has 0 aromatic heterocycles. The third kappa shape index (κ3) is 3.88. The predicted octanol–water partition coefficient (Wildman–Crippen LogP) is 3.43. The van der Waals surface area contributed by atoms with Gasteiger partial charge in [-0.15, -0.1) is 6.58 Å². The minimum atomic E-state index is 0.236. The van der Waals surface area contributed by atoms with Crippen LogP contribution in [0.5, 0.6) is 0 Å². The summed E-state index contributed by atoms with van der Waals surface area (Å²) in [4.78, 5) is 0. The first-order chi connectivity index (χ1) is 7.27. The van der Waals surface area contributed by atoms with Crippen molar-refractivity contribution in [1.29, 1.82) is 0 Å². The molecular weight excluding hydrogens is 184 g/mol. The molecule has 0 saturated carbocycles. The molecule has 15 heavy (non-hydrogen) atoms. The first-order valence-corrected chi connectivity index (χ1v) is 5.56. The lowest BCUT2D eigenvalue weighted by Gasteiger charge is -2.14.